The van der Waals surface area contributed by atoms with Gasteiger partial charge in [0.25, 0.3) is 5.91 Å². The number of hydrogen-bond acceptors (Lipinski definition) is 5. The van der Waals surface area contributed by atoms with Crippen LogP contribution in [0.1, 0.15) is 54.9 Å². The maximum Gasteiger partial charge on any atom is 0.254 e. The average molecular weight is 469 g/mol. The summed E-state index contributed by atoms with van der Waals surface area (Å²) < 4.78 is 1.76. The topological polar surface area (TPSA) is 99.0 Å². The van der Waals surface area contributed by atoms with Crippen LogP contribution >= 0.6 is 0 Å². The molecule has 9 heteroatoms. The fourth-order valence-electron chi connectivity index (χ4n) is 5.12. The van der Waals surface area contributed by atoms with Crippen LogP contribution in [0.3, 0.4) is 0 Å². The van der Waals surface area contributed by atoms with Crippen LogP contribution in [0.2, 0.25) is 0 Å². The van der Waals surface area contributed by atoms with Gasteiger partial charge in [-0.1, -0.05) is 19.3 Å². The van der Waals surface area contributed by atoms with Crippen molar-refractivity contribution in [2.45, 2.75) is 58.0 Å². The molecule has 0 radical (unpaired) electrons. The van der Waals surface area contributed by atoms with Gasteiger partial charge in [0.1, 0.15) is 6.04 Å². The minimum absolute atomic E-state index is 0.0201. The molecule has 1 saturated heterocycles. The maximum absolute atomic E-state index is 13.5. The number of hydrogen-bond donors (Lipinski definition) is 2. The summed E-state index contributed by atoms with van der Waals surface area (Å²) in [7, 11) is 1.74. The number of nitrogens with zero attached hydrogens (tertiary/aromatic N) is 4. The normalized spacial score (nSPS) is 19.1. The average Bonchev–Trinajstić information content (AvgIpc) is 3.36. The Kier molecular flexibility index (Phi) is 7.50. The summed E-state index contributed by atoms with van der Waals surface area (Å²) in [5.41, 5.74) is 2.49. The molecule has 2 fully saturated rings. The second-order valence-electron chi connectivity index (χ2n) is 9.53. The number of carbonyl (C=O) groups excluding carboxylic acids is 3. The van der Waals surface area contributed by atoms with Gasteiger partial charge in [0, 0.05) is 44.1 Å². The van der Waals surface area contributed by atoms with E-state index < -0.39 is 6.04 Å². The number of fused-ring (bicyclic) bond motifs is 1. The van der Waals surface area contributed by atoms with E-state index in [4.69, 9.17) is 0 Å². The largest absolute Gasteiger partial charge is 0.343 e. The van der Waals surface area contributed by atoms with E-state index in [1.807, 2.05) is 28.9 Å². The monoisotopic (exact) mass is 468 g/mol. The van der Waals surface area contributed by atoms with E-state index in [1.54, 1.807) is 30.9 Å². The minimum Gasteiger partial charge on any atom is -0.343 e. The van der Waals surface area contributed by atoms with Crippen molar-refractivity contribution in [3.8, 4) is 0 Å². The lowest BCUT2D eigenvalue weighted by Gasteiger charge is -2.39. The highest BCUT2D eigenvalue weighted by Crippen LogP contribution is 2.28. The predicted molar refractivity (Wildman–Crippen MR) is 129 cm³/mol. The zero-order chi connectivity index (χ0) is 24.2. The lowest BCUT2D eigenvalue weighted by molar-refractivity contribution is -0.140. The van der Waals surface area contributed by atoms with Crippen LogP contribution in [0.4, 0.5) is 0 Å². The Morgan fingerprint density at radius 2 is 1.71 bits per heavy atom. The van der Waals surface area contributed by atoms with Crippen LogP contribution in [0.15, 0.2) is 24.5 Å². The van der Waals surface area contributed by atoms with Crippen molar-refractivity contribution < 1.29 is 14.4 Å². The SMILES string of the molecule is CNC(C)C(=O)NC(C(=O)N1CCN(C(=O)c2ccn3nccc3c2C)CC1)C1CCCCC1. The van der Waals surface area contributed by atoms with Crippen molar-refractivity contribution in [2.24, 2.45) is 5.92 Å². The highest BCUT2D eigenvalue weighted by molar-refractivity contribution is 5.97. The van der Waals surface area contributed by atoms with Gasteiger partial charge in [-0.05, 0) is 57.4 Å². The molecule has 1 aliphatic heterocycles. The molecule has 2 aromatic rings. The first kappa shape index (κ1) is 24.2. The Morgan fingerprint density at radius 1 is 1.03 bits per heavy atom. The van der Waals surface area contributed by atoms with Gasteiger partial charge in [-0.25, -0.2) is 4.52 Å². The number of likely N-dealkylation sites (N-methyl/N-ethyl adjacent to an activating group) is 1. The standard InChI is InChI=1S/C25H36N6O3/c1-17-20(10-12-31-21(17)9-11-27-31)24(33)29-13-15-30(16-14-29)25(34)22(19-7-5-4-6-8-19)28-23(32)18(2)26-3/h9-12,18-19,22,26H,4-8,13-16H2,1-3H3,(H,28,32). The number of amides is 3. The van der Waals surface area contributed by atoms with Gasteiger partial charge in [0.2, 0.25) is 11.8 Å². The molecule has 3 amide bonds. The van der Waals surface area contributed by atoms with Gasteiger partial charge in [-0.3, -0.25) is 14.4 Å². The van der Waals surface area contributed by atoms with Gasteiger partial charge >= 0.3 is 0 Å². The number of nitrogens with one attached hydrogen (secondary N) is 2. The second-order valence-corrected chi connectivity index (χ2v) is 9.53. The van der Waals surface area contributed by atoms with Gasteiger partial charge in [0.15, 0.2) is 0 Å². The smallest absolute Gasteiger partial charge is 0.254 e. The van der Waals surface area contributed by atoms with E-state index in [0.717, 1.165) is 36.8 Å². The molecule has 3 heterocycles. The number of aromatic nitrogens is 2. The second kappa shape index (κ2) is 10.5. The van der Waals surface area contributed by atoms with Gasteiger partial charge in [-0.2, -0.15) is 5.10 Å². The Balaban J connectivity index is 1.42. The molecule has 2 aliphatic rings. The summed E-state index contributed by atoms with van der Waals surface area (Å²) in [6, 6.07) is 2.85. The molecule has 0 bridgehead atoms. The highest BCUT2D eigenvalue weighted by Gasteiger charge is 2.36. The molecular formula is C25H36N6O3. The third kappa shape index (κ3) is 4.94. The van der Waals surface area contributed by atoms with E-state index in [-0.39, 0.29) is 29.7 Å². The Morgan fingerprint density at radius 3 is 2.38 bits per heavy atom. The molecule has 184 valence electrons. The summed E-state index contributed by atoms with van der Waals surface area (Å²) in [5.74, 6) is -0.0225. The predicted octanol–water partition coefficient (Wildman–Crippen LogP) is 1.60. The zero-order valence-corrected chi connectivity index (χ0v) is 20.4. The van der Waals surface area contributed by atoms with Crippen molar-refractivity contribution in [3.63, 3.8) is 0 Å². The van der Waals surface area contributed by atoms with Gasteiger partial charge in [0.05, 0.1) is 11.6 Å². The van der Waals surface area contributed by atoms with E-state index in [1.165, 1.54) is 6.42 Å². The van der Waals surface area contributed by atoms with Gasteiger partial charge in [-0.15, -0.1) is 0 Å². The third-order valence-corrected chi connectivity index (χ3v) is 7.46. The fraction of sp³-hybridized carbons (Fsp3) is 0.600. The first-order chi connectivity index (χ1) is 16.4. The van der Waals surface area contributed by atoms with Crippen molar-refractivity contribution in [1.29, 1.82) is 0 Å². The Bertz CT molecular complexity index is 1040. The van der Waals surface area contributed by atoms with Crippen molar-refractivity contribution in [3.05, 3.63) is 35.7 Å². The van der Waals surface area contributed by atoms with E-state index >= 15 is 0 Å². The summed E-state index contributed by atoms with van der Waals surface area (Å²) in [4.78, 5) is 43.0. The van der Waals surface area contributed by atoms with Crippen LogP contribution in [-0.4, -0.2) is 82.4 Å². The summed E-state index contributed by atoms with van der Waals surface area (Å²) in [6.07, 6.45) is 8.81. The van der Waals surface area contributed by atoms with Crippen LogP contribution in [0.5, 0.6) is 0 Å². The molecule has 34 heavy (non-hydrogen) atoms. The quantitative estimate of drug-likeness (QED) is 0.671. The zero-order valence-electron chi connectivity index (χ0n) is 20.4. The molecule has 4 rings (SSSR count). The van der Waals surface area contributed by atoms with Crippen LogP contribution < -0.4 is 10.6 Å². The number of piperazine rings is 1. The molecule has 0 aromatic carbocycles. The van der Waals surface area contributed by atoms with Crippen molar-refractivity contribution in [1.82, 2.24) is 30.0 Å². The molecule has 2 aromatic heterocycles. The minimum atomic E-state index is -0.502. The molecule has 1 aliphatic carbocycles. The van der Waals surface area contributed by atoms with Crippen molar-refractivity contribution in [2.75, 3.05) is 33.2 Å². The highest BCUT2D eigenvalue weighted by atomic mass is 16.2. The van der Waals surface area contributed by atoms with Crippen molar-refractivity contribution >= 4 is 23.2 Å². The maximum atomic E-state index is 13.5. The Hall–Kier alpha value is -2.94. The number of aryl methyl sites for hydroxylation is 1. The number of pyridine rings is 1. The summed E-state index contributed by atoms with van der Waals surface area (Å²) in [6.45, 7) is 5.64. The van der Waals surface area contributed by atoms with Gasteiger partial charge < -0.3 is 20.4 Å². The van der Waals surface area contributed by atoms with E-state index in [0.29, 0.717) is 31.7 Å². The first-order valence-corrected chi connectivity index (χ1v) is 12.4. The lowest BCUT2D eigenvalue weighted by Crippen LogP contribution is -2.59. The lowest BCUT2D eigenvalue weighted by atomic mass is 9.83. The molecular weight excluding hydrogens is 432 g/mol. The summed E-state index contributed by atoms with van der Waals surface area (Å²) in [5, 5.41) is 10.2. The molecule has 9 nitrogen and oxygen atoms in total. The molecule has 0 spiro atoms. The summed E-state index contributed by atoms with van der Waals surface area (Å²) >= 11 is 0. The van der Waals surface area contributed by atoms with Crippen LogP contribution in [0.25, 0.3) is 5.52 Å². The van der Waals surface area contributed by atoms with E-state index in [9.17, 15) is 14.4 Å². The number of rotatable bonds is 6. The molecule has 1 saturated carbocycles. The first-order valence-electron chi connectivity index (χ1n) is 12.4. The van der Waals surface area contributed by atoms with Crippen LogP contribution in [-0.2, 0) is 9.59 Å². The third-order valence-electron chi connectivity index (χ3n) is 7.46. The molecule has 2 atom stereocenters. The Labute approximate surface area is 200 Å². The van der Waals surface area contributed by atoms with Crippen LogP contribution in [0, 0.1) is 12.8 Å². The number of carbonyl (C=O) groups is 3. The molecule has 2 unspecified atom stereocenters. The molecule has 2 N–H and O–H groups in total. The fourth-order valence-corrected chi connectivity index (χ4v) is 5.12. The van der Waals surface area contributed by atoms with E-state index in [2.05, 4.69) is 15.7 Å².